The molecule has 0 saturated carbocycles. The van der Waals surface area contributed by atoms with Crippen LogP contribution >= 0.6 is 11.6 Å². The normalized spacial score (nSPS) is 14.8. The summed E-state index contributed by atoms with van der Waals surface area (Å²) in [5.41, 5.74) is 2.09. The van der Waals surface area contributed by atoms with Crippen molar-refractivity contribution >= 4 is 39.9 Å². The molecule has 6 nitrogen and oxygen atoms in total. The van der Waals surface area contributed by atoms with Gasteiger partial charge in [-0.15, -0.1) is 0 Å². The molecular weight excluding hydrogens is 472 g/mol. The molecule has 0 spiro atoms. The minimum Gasteiger partial charge on any atom is -0.382 e. The van der Waals surface area contributed by atoms with Gasteiger partial charge in [-0.25, -0.2) is 4.21 Å². The lowest BCUT2D eigenvalue weighted by atomic mass is 10.1. The van der Waals surface area contributed by atoms with Gasteiger partial charge < -0.3 is 15.0 Å². The molecular formula is C26H25ClN2O4S. The number of hydrogen-bond donors (Lipinski definition) is 1. The van der Waals surface area contributed by atoms with Crippen LogP contribution in [0.2, 0.25) is 5.02 Å². The van der Waals surface area contributed by atoms with Crippen molar-refractivity contribution in [3.05, 3.63) is 88.4 Å². The molecule has 0 aliphatic carbocycles. The van der Waals surface area contributed by atoms with Gasteiger partial charge in [-0.1, -0.05) is 35.9 Å². The van der Waals surface area contributed by atoms with Gasteiger partial charge in [0.1, 0.15) is 0 Å². The molecule has 1 aliphatic heterocycles. The molecule has 34 heavy (non-hydrogen) atoms. The van der Waals surface area contributed by atoms with Gasteiger partial charge in [0.2, 0.25) is 0 Å². The number of ether oxygens (including phenoxy) is 1. The van der Waals surface area contributed by atoms with Crippen molar-refractivity contribution < 1.29 is 18.5 Å². The molecule has 0 aromatic heterocycles. The zero-order valence-electron chi connectivity index (χ0n) is 18.8. The number of anilines is 1. The minimum absolute atomic E-state index is 0.244. The monoisotopic (exact) mass is 496 g/mol. The first-order valence-corrected chi connectivity index (χ1v) is 12.6. The van der Waals surface area contributed by atoms with Crippen molar-refractivity contribution in [2.75, 3.05) is 24.7 Å². The molecule has 1 N–H and O–H groups in total. The van der Waals surface area contributed by atoms with Crippen molar-refractivity contribution in [3.63, 3.8) is 0 Å². The number of fused-ring (bicyclic) bond motifs is 2. The number of nitrogens with one attached hydrogen (secondary N) is 1. The van der Waals surface area contributed by atoms with E-state index in [1.54, 1.807) is 59.5 Å². The molecule has 1 atom stereocenters. The van der Waals surface area contributed by atoms with Gasteiger partial charge in [-0.3, -0.25) is 9.59 Å². The Hall–Kier alpha value is -3.00. The summed E-state index contributed by atoms with van der Waals surface area (Å²) in [4.78, 5) is 28.9. The molecule has 8 heteroatoms. The maximum Gasteiger partial charge on any atom is 0.259 e. The zero-order valence-corrected chi connectivity index (χ0v) is 20.3. The predicted molar refractivity (Wildman–Crippen MR) is 133 cm³/mol. The molecule has 0 radical (unpaired) electrons. The third-order valence-corrected chi connectivity index (χ3v) is 7.24. The maximum atomic E-state index is 13.6. The van der Waals surface area contributed by atoms with Crippen LogP contribution in [0.1, 0.15) is 39.6 Å². The average Bonchev–Trinajstić information content (AvgIpc) is 2.94. The Bertz CT molecular complexity index is 1230. The van der Waals surface area contributed by atoms with E-state index < -0.39 is 10.8 Å². The quantitative estimate of drug-likeness (QED) is 0.453. The number of amides is 2. The first-order valence-electron chi connectivity index (χ1n) is 11.1. The highest BCUT2D eigenvalue weighted by Gasteiger charge is 2.31. The van der Waals surface area contributed by atoms with Crippen LogP contribution in [0.5, 0.6) is 0 Å². The van der Waals surface area contributed by atoms with Crippen LogP contribution < -0.4 is 10.2 Å². The van der Waals surface area contributed by atoms with Crippen LogP contribution in [-0.4, -0.2) is 35.8 Å². The Morgan fingerprint density at radius 1 is 1.06 bits per heavy atom. The largest absolute Gasteiger partial charge is 0.382 e. The van der Waals surface area contributed by atoms with Gasteiger partial charge in [0, 0.05) is 30.3 Å². The molecule has 0 unspecified atom stereocenters. The number of carbonyl (C=O) groups is 2. The van der Waals surface area contributed by atoms with E-state index in [1.165, 1.54) is 0 Å². The second-order valence-electron chi connectivity index (χ2n) is 7.77. The van der Waals surface area contributed by atoms with Gasteiger partial charge in [-0.05, 0) is 61.4 Å². The average molecular weight is 497 g/mol. The summed E-state index contributed by atoms with van der Waals surface area (Å²) in [5, 5.41) is 3.48. The number of hydrogen-bond acceptors (Lipinski definition) is 4. The Kier molecular flexibility index (Phi) is 7.77. The number of halogens is 1. The van der Waals surface area contributed by atoms with Gasteiger partial charge in [0.25, 0.3) is 11.8 Å². The fraction of sp³-hybridized carbons (Fsp3) is 0.231. The van der Waals surface area contributed by atoms with Crippen molar-refractivity contribution in [1.82, 2.24) is 5.32 Å². The Balaban J connectivity index is 1.70. The predicted octanol–water partition coefficient (Wildman–Crippen LogP) is 4.82. The van der Waals surface area contributed by atoms with E-state index in [4.69, 9.17) is 16.3 Å². The van der Waals surface area contributed by atoms with Gasteiger partial charge >= 0.3 is 0 Å². The molecule has 0 bridgehead atoms. The van der Waals surface area contributed by atoms with Crippen molar-refractivity contribution in [2.24, 2.45) is 0 Å². The Labute approximate surface area is 206 Å². The molecule has 176 valence electrons. The zero-order chi connectivity index (χ0) is 24.1. The summed E-state index contributed by atoms with van der Waals surface area (Å²) >= 11 is 6.03. The molecule has 1 heterocycles. The molecule has 0 fully saturated rings. The fourth-order valence-electron chi connectivity index (χ4n) is 3.76. The summed E-state index contributed by atoms with van der Waals surface area (Å²) in [7, 11) is -1.57. The highest BCUT2D eigenvalue weighted by molar-refractivity contribution is 7.85. The second-order valence-corrected chi connectivity index (χ2v) is 9.63. The minimum atomic E-state index is -1.57. The van der Waals surface area contributed by atoms with Crippen molar-refractivity contribution in [2.45, 2.75) is 29.7 Å². The van der Waals surface area contributed by atoms with Gasteiger partial charge in [0.05, 0.1) is 38.4 Å². The number of nitrogens with zero attached hydrogens (tertiary/aromatic N) is 1. The Morgan fingerprint density at radius 3 is 2.59 bits per heavy atom. The molecule has 2 amide bonds. The highest BCUT2D eigenvalue weighted by Crippen LogP contribution is 2.36. The van der Waals surface area contributed by atoms with E-state index in [0.717, 1.165) is 5.56 Å². The highest BCUT2D eigenvalue weighted by atomic mass is 35.5. The SMILES string of the molecule is CCOCCCNC(=O)c1ccc2c(c1)N(Cc1ccc(Cl)cc1)C(=O)c1ccccc1[S@]2=O. The molecule has 1 aliphatic rings. The lowest BCUT2D eigenvalue weighted by Gasteiger charge is -2.23. The molecule has 4 rings (SSSR count). The number of rotatable bonds is 8. The number of benzene rings is 3. The first kappa shape index (κ1) is 24.1. The lowest BCUT2D eigenvalue weighted by molar-refractivity contribution is 0.0941. The molecule has 3 aromatic carbocycles. The fourth-order valence-corrected chi connectivity index (χ4v) is 5.23. The van der Waals surface area contributed by atoms with Crippen LogP contribution in [0.15, 0.2) is 76.5 Å². The van der Waals surface area contributed by atoms with Crippen molar-refractivity contribution in [3.8, 4) is 0 Å². The van der Waals surface area contributed by atoms with Crippen LogP contribution in [0.3, 0.4) is 0 Å². The molecule has 0 saturated heterocycles. The van der Waals surface area contributed by atoms with E-state index >= 15 is 0 Å². The standard InChI is InChI=1S/C26H25ClN2O4S/c1-2-33-15-5-14-28-25(30)19-10-13-24-22(16-19)29(17-18-8-11-20(27)12-9-18)26(31)21-6-3-4-7-23(21)34(24)32/h3-4,6-13,16H,2,5,14-15,17H2,1H3,(H,28,30)/t34-/m1/s1. The summed E-state index contributed by atoms with van der Waals surface area (Å²) < 4.78 is 18.8. The lowest BCUT2D eigenvalue weighted by Crippen LogP contribution is -2.31. The van der Waals surface area contributed by atoms with E-state index in [9.17, 15) is 13.8 Å². The van der Waals surface area contributed by atoms with E-state index in [-0.39, 0.29) is 18.4 Å². The van der Waals surface area contributed by atoms with Crippen LogP contribution in [0, 0.1) is 0 Å². The topological polar surface area (TPSA) is 75.7 Å². The van der Waals surface area contributed by atoms with Gasteiger partial charge in [0.15, 0.2) is 0 Å². The third kappa shape index (κ3) is 5.22. The van der Waals surface area contributed by atoms with E-state index in [0.29, 0.717) is 57.8 Å². The summed E-state index contributed by atoms with van der Waals surface area (Å²) in [6, 6.07) is 19.1. The van der Waals surface area contributed by atoms with E-state index in [2.05, 4.69) is 5.32 Å². The maximum absolute atomic E-state index is 13.6. The smallest absolute Gasteiger partial charge is 0.259 e. The third-order valence-electron chi connectivity index (χ3n) is 5.48. The van der Waals surface area contributed by atoms with E-state index in [1.807, 2.05) is 19.1 Å². The molecule has 3 aromatic rings. The summed E-state index contributed by atoms with van der Waals surface area (Å²) in [6.45, 7) is 3.85. The Morgan fingerprint density at radius 2 is 1.82 bits per heavy atom. The van der Waals surface area contributed by atoms with Crippen LogP contribution in [0.25, 0.3) is 0 Å². The van der Waals surface area contributed by atoms with Crippen LogP contribution in [-0.2, 0) is 22.1 Å². The van der Waals surface area contributed by atoms with Gasteiger partial charge in [-0.2, -0.15) is 0 Å². The summed E-state index contributed by atoms with van der Waals surface area (Å²) in [6.07, 6.45) is 0.699. The second kappa shape index (κ2) is 11.0. The van der Waals surface area contributed by atoms with Crippen LogP contribution in [0.4, 0.5) is 5.69 Å². The van der Waals surface area contributed by atoms with Crippen molar-refractivity contribution in [1.29, 1.82) is 0 Å². The first-order chi connectivity index (χ1) is 16.5. The number of carbonyl (C=O) groups excluding carboxylic acids is 2. The summed E-state index contributed by atoms with van der Waals surface area (Å²) in [5.74, 6) is -0.530.